The van der Waals surface area contributed by atoms with Crippen molar-refractivity contribution < 1.29 is 4.92 Å². The number of nitrogens with one attached hydrogen (secondary N) is 1. The Balaban J connectivity index is 2.21. The highest BCUT2D eigenvalue weighted by Gasteiger charge is 2.27. The number of nitro groups is 1. The number of hydrogen-bond acceptors (Lipinski definition) is 5. The molecule has 5 nitrogen and oxygen atoms in total. The zero-order valence-electron chi connectivity index (χ0n) is 13.7. The van der Waals surface area contributed by atoms with E-state index in [-0.39, 0.29) is 10.6 Å². The Morgan fingerprint density at radius 3 is 2.84 bits per heavy atom. The lowest BCUT2D eigenvalue weighted by Crippen LogP contribution is -2.12. The first-order valence-electron chi connectivity index (χ1n) is 7.96. The summed E-state index contributed by atoms with van der Waals surface area (Å²) in [4.78, 5) is 17.5. The number of nitrogens with zero attached hydrogens (tertiary/aromatic N) is 2. The van der Waals surface area contributed by atoms with Crippen LogP contribution in [-0.4, -0.2) is 27.9 Å². The molecule has 128 valence electrons. The van der Waals surface area contributed by atoms with Crippen LogP contribution in [-0.2, 0) is 0 Å². The van der Waals surface area contributed by atoms with Gasteiger partial charge in [-0.15, -0.1) is 11.8 Å². The topological polar surface area (TPSA) is 67.5 Å². The van der Waals surface area contributed by atoms with Crippen molar-refractivity contribution >= 4 is 46.1 Å². The molecule has 1 aliphatic rings. The Morgan fingerprint density at radius 1 is 1.28 bits per heavy atom. The van der Waals surface area contributed by atoms with Crippen molar-refractivity contribution in [2.24, 2.45) is 4.99 Å². The van der Waals surface area contributed by atoms with Crippen LogP contribution in [0.3, 0.4) is 0 Å². The van der Waals surface area contributed by atoms with Crippen molar-refractivity contribution in [3.05, 3.63) is 63.7 Å². The predicted octanol–water partition coefficient (Wildman–Crippen LogP) is 4.69. The molecule has 0 fully saturated rings. The van der Waals surface area contributed by atoms with E-state index in [2.05, 4.69) is 17.2 Å². The van der Waals surface area contributed by atoms with E-state index in [4.69, 9.17) is 12.2 Å². The fourth-order valence-electron chi connectivity index (χ4n) is 2.68. The summed E-state index contributed by atoms with van der Waals surface area (Å²) in [5.41, 5.74) is 2.68. The van der Waals surface area contributed by atoms with Crippen LogP contribution in [0.2, 0.25) is 0 Å². The molecule has 3 rings (SSSR count). The van der Waals surface area contributed by atoms with Crippen molar-refractivity contribution in [2.45, 2.75) is 18.2 Å². The highest BCUT2D eigenvalue weighted by Crippen LogP contribution is 2.34. The van der Waals surface area contributed by atoms with E-state index in [0.29, 0.717) is 28.5 Å². The van der Waals surface area contributed by atoms with Crippen molar-refractivity contribution in [2.75, 3.05) is 17.6 Å². The maximum atomic E-state index is 11.6. The SMILES string of the molecule is CCCSc1ccccc1C1=NCC(=S)Nc2cccc([N+](=O)[O-])c21. The molecule has 0 unspecified atom stereocenters. The Kier molecular flexibility index (Phi) is 5.45. The van der Waals surface area contributed by atoms with Crippen LogP contribution in [0, 0.1) is 10.1 Å². The van der Waals surface area contributed by atoms with Crippen LogP contribution in [0.25, 0.3) is 0 Å². The second kappa shape index (κ2) is 7.76. The molecular weight excluding hydrogens is 354 g/mol. The summed E-state index contributed by atoms with van der Waals surface area (Å²) in [6, 6.07) is 12.9. The molecule has 0 amide bonds. The van der Waals surface area contributed by atoms with E-state index in [1.165, 1.54) is 6.07 Å². The minimum atomic E-state index is -0.369. The number of benzene rings is 2. The number of thioether (sulfide) groups is 1. The fourth-order valence-corrected chi connectivity index (χ4v) is 3.78. The van der Waals surface area contributed by atoms with Crippen LogP contribution in [0.15, 0.2) is 52.4 Å². The molecule has 0 bridgehead atoms. The van der Waals surface area contributed by atoms with E-state index in [1.54, 1.807) is 23.9 Å². The summed E-state index contributed by atoms with van der Waals surface area (Å²) < 4.78 is 0. The Labute approximate surface area is 155 Å². The van der Waals surface area contributed by atoms with E-state index in [9.17, 15) is 10.1 Å². The van der Waals surface area contributed by atoms with Gasteiger partial charge in [-0.3, -0.25) is 15.1 Å². The average Bonchev–Trinajstić information content (AvgIpc) is 2.78. The molecule has 1 N–H and O–H groups in total. The number of rotatable bonds is 5. The third-order valence-electron chi connectivity index (χ3n) is 3.73. The van der Waals surface area contributed by atoms with Crippen molar-refractivity contribution in [3.8, 4) is 0 Å². The number of benzodiazepines with no additional fused rings is 1. The number of fused-ring (bicyclic) bond motifs is 1. The summed E-state index contributed by atoms with van der Waals surface area (Å²) in [6.45, 7) is 2.44. The normalized spacial score (nSPS) is 13.5. The largest absolute Gasteiger partial charge is 0.348 e. The predicted molar refractivity (Wildman–Crippen MR) is 107 cm³/mol. The molecule has 0 radical (unpaired) electrons. The van der Waals surface area contributed by atoms with Gasteiger partial charge in [0.25, 0.3) is 5.69 Å². The lowest BCUT2D eigenvalue weighted by molar-refractivity contribution is -0.385. The molecule has 0 saturated carbocycles. The van der Waals surface area contributed by atoms with E-state index < -0.39 is 0 Å². The number of aliphatic imine (C=N–C) groups is 1. The van der Waals surface area contributed by atoms with Gasteiger partial charge in [0.05, 0.1) is 22.9 Å². The van der Waals surface area contributed by atoms with E-state index >= 15 is 0 Å². The van der Waals surface area contributed by atoms with Gasteiger partial charge in [0.15, 0.2) is 0 Å². The van der Waals surface area contributed by atoms with Gasteiger partial charge >= 0.3 is 0 Å². The van der Waals surface area contributed by atoms with Crippen LogP contribution in [0.5, 0.6) is 0 Å². The van der Waals surface area contributed by atoms with E-state index in [1.807, 2.05) is 24.3 Å². The molecule has 2 aromatic rings. The third kappa shape index (κ3) is 3.72. The monoisotopic (exact) mass is 371 g/mol. The Hall–Kier alpha value is -2.25. The van der Waals surface area contributed by atoms with Crippen LogP contribution < -0.4 is 5.32 Å². The van der Waals surface area contributed by atoms with Gasteiger partial charge < -0.3 is 5.32 Å². The van der Waals surface area contributed by atoms with Crippen molar-refractivity contribution in [1.82, 2.24) is 0 Å². The van der Waals surface area contributed by atoms with Gasteiger partial charge in [-0.05, 0) is 24.3 Å². The molecule has 25 heavy (non-hydrogen) atoms. The molecule has 0 atom stereocenters. The molecule has 0 saturated heterocycles. The molecule has 1 aliphatic heterocycles. The number of hydrogen-bond donors (Lipinski definition) is 1. The highest BCUT2D eigenvalue weighted by atomic mass is 32.2. The fraction of sp³-hybridized carbons (Fsp3) is 0.222. The molecule has 0 aromatic heterocycles. The molecule has 1 heterocycles. The summed E-state index contributed by atoms with van der Waals surface area (Å²) in [5, 5.41) is 14.7. The Bertz CT molecular complexity index is 865. The van der Waals surface area contributed by atoms with Crippen molar-refractivity contribution in [1.29, 1.82) is 0 Å². The number of nitro benzene ring substituents is 1. The molecule has 0 aliphatic carbocycles. The maximum absolute atomic E-state index is 11.6. The molecular formula is C18H17N3O2S2. The summed E-state index contributed by atoms with van der Waals surface area (Å²) >= 11 is 7.02. The summed E-state index contributed by atoms with van der Waals surface area (Å²) in [5.74, 6) is 0.977. The molecule has 0 spiro atoms. The van der Waals surface area contributed by atoms with Crippen LogP contribution in [0.4, 0.5) is 11.4 Å². The first kappa shape index (κ1) is 17.6. The zero-order chi connectivity index (χ0) is 17.8. The van der Waals surface area contributed by atoms with Crippen LogP contribution >= 0.6 is 24.0 Å². The third-order valence-corrected chi connectivity index (χ3v) is 5.25. The lowest BCUT2D eigenvalue weighted by atomic mass is 9.99. The second-order valence-corrected chi connectivity index (χ2v) is 7.14. The smallest absolute Gasteiger partial charge is 0.280 e. The number of thiocarbonyl (C=S) groups is 1. The van der Waals surface area contributed by atoms with Gasteiger partial charge in [-0.1, -0.05) is 43.4 Å². The lowest BCUT2D eigenvalue weighted by Gasteiger charge is -2.13. The molecule has 2 aromatic carbocycles. The zero-order valence-corrected chi connectivity index (χ0v) is 15.3. The summed E-state index contributed by atoms with van der Waals surface area (Å²) in [7, 11) is 0. The van der Waals surface area contributed by atoms with Gasteiger partial charge in [-0.2, -0.15) is 0 Å². The highest BCUT2D eigenvalue weighted by molar-refractivity contribution is 7.99. The quantitative estimate of drug-likeness (QED) is 0.357. The van der Waals surface area contributed by atoms with Crippen molar-refractivity contribution in [3.63, 3.8) is 0 Å². The van der Waals surface area contributed by atoms with Gasteiger partial charge in [0, 0.05) is 16.5 Å². The minimum Gasteiger partial charge on any atom is -0.348 e. The first-order chi connectivity index (χ1) is 12.1. The van der Waals surface area contributed by atoms with Gasteiger partial charge in [-0.25, -0.2) is 0 Å². The average molecular weight is 371 g/mol. The first-order valence-corrected chi connectivity index (χ1v) is 9.35. The molecule has 7 heteroatoms. The van der Waals surface area contributed by atoms with Crippen LogP contribution in [0.1, 0.15) is 24.5 Å². The van der Waals surface area contributed by atoms with Gasteiger partial charge in [0.2, 0.25) is 0 Å². The second-order valence-electron chi connectivity index (χ2n) is 5.51. The van der Waals surface area contributed by atoms with Gasteiger partial charge in [0.1, 0.15) is 10.6 Å². The Morgan fingerprint density at radius 2 is 2.08 bits per heavy atom. The maximum Gasteiger partial charge on any atom is 0.280 e. The standard InChI is InChI=1S/C18H17N3O2S2/c1-2-10-25-15-9-4-3-6-12(15)18-17-13(20-16(24)11-19-18)7-5-8-14(17)21(22)23/h3-9H,2,10-11H2,1H3,(H,20,24). The van der Waals surface area contributed by atoms with E-state index in [0.717, 1.165) is 22.6 Å². The minimum absolute atomic E-state index is 0.0312. The number of anilines is 1. The summed E-state index contributed by atoms with van der Waals surface area (Å²) in [6.07, 6.45) is 1.05.